The maximum atomic E-state index is 9.26. The zero-order chi connectivity index (χ0) is 13.0. The second kappa shape index (κ2) is 6.07. The molecular weight excluding hydrogens is 230 g/mol. The molecule has 0 saturated heterocycles. The number of ether oxygens (including phenoxy) is 2. The molecule has 1 aromatic carbocycles. The van der Waals surface area contributed by atoms with Gasteiger partial charge >= 0.3 is 0 Å². The normalized spacial score (nSPS) is 15.8. The van der Waals surface area contributed by atoms with Crippen molar-refractivity contribution in [2.45, 2.75) is 26.4 Å². The van der Waals surface area contributed by atoms with Gasteiger partial charge in [0.1, 0.15) is 13.2 Å². The summed E-state index contributed by atoms with van der Waals surface area (Å²) in [5.41, 5.74) is 1.14. The molecule has 0 aromatic heterocycles. The van der Waals surface area contributed by atoms with Gasteiger partial charge in [-0.25, -0.2) is 0 Å². The van der Waals surface area contributed by atoms with Crippen molar-refractivity contribution < 1.29 is 14.6 Å². The maximum absolute atomic E-state index is 9.26. The standard InChI is InChI=1S/C14H21NO3/c1-10(2)12(9-16)15-8-11-3-4-13-14(7-11)18-6-5-17-13/h3-4,7,10,12,15-16H,5-6,8-9H2,1-2H3. The molecule has 0 aliphatic carbocycles. The van der Waals surface area contributed by atoms with Gasteiger partial charge in [0.25, 0.3) is 0 Å². The molecule has 18 heavy (non-hydrogen) atoms. The summed E-state index contributed by atoms with van der Waals surface area (Å²) in [4.78, 5) is 0. The topological polar surface area (TPSA) is 50.7 Å². The van der Waals surface area contributed by atoms with Crippen LogP contribution < -0.4 is 14.8 Å². The van der Waals surface area contributed by atoms with Crippen LogP contribution in [-0.4, -0.2) is 31.0 Å². The quantitative estimate of drug-likeness (QED) is 0.834. The van der Waals surface area contributed by atoms with Crippen LogP contribution in [0.2, 0.25) is 0 Å². The van der Waals surface area contributed by atoms with Crippen LogP contribution in [0.5, 0.6) is 11.5 Å². The molecule has 4 nitrogen and oxygen atoms in total. The van der Waals surface area contributed by atoms with E-state index in [1.807, 2.05) is 18.2 Å². The van der Waals surface area contributed by atoms with Crippen LogP contribution >= 0.6 is 0 Å². The first-order chi connectivity index (χ1) is 8.70. The average molecular weight is 251 g/mol. The first-order valence-electron chi connectivity index (χ1n) is 6.43. The van der Waals surface area contributed by atoms with Gasteiger partial charge in [-0.1, -0.05) is 19.9 Å². The Labute approximate surface area is 108 Å². The van der Waals surface area contributed by atoms with E-state index in [-0.39, 0.29) is 12.6 Å². The highest BCUT2D eigenvalue weighted by Gasteiger charge is 2.14. The monoisotopic (exact) mass is 251 g/mol. The predicted octanol–water partition coefficient (Wildman–Crippen LogP) is 1.56. The third kappa shape index (κ3) is 3.15. The fourth-order valence-electron chi connectivity index (χ4n) is 1.96. The Kier molecular flexibility index (Phi) is 4.44. The van der Waals surface area contributed by atoms with Crippen molar-refractivity contribution >= 4 is 0 Å². The van der Waals surface area contributed by atoms with Crippen LogP contribution in [-0.2, 0) is 6.54 Å². The van der Waals surface area contributed by atoms with E-state index in [4.69, 9.17) is 9.47 Å². The number of hydrogen-bond donors (Lipinski definition) is 2. The van der Waals surface area contributed by atoms with Crippen LogP contribution in [0.4, 0.5) is 0 Å². The zero-order valence-corrected chi connectivity index (χ0v) is 11.0. The van der Waals surface area contributed by atoms with Gasteiger partial charge in [-0.05, 0) is 23.6 Å². The van der Waals surface area contributed by atoms with Gasteiger partial charge in [0, 0.05) is 12.6 Å². The van der Waals surface area contributed by atoms with Crippen molar-refractivity contribution in [1.29, 1.82) is 0 Å². The lowest BCUT2D eigenvalue weighted by Gasteiger charge is -2.21. The number of aliphatic hydroxyl groups excluding tert-OH is 1. The first-order valence-corrected chi connectivity index (χ1v) is 6.43. The Morgan fingerprint density at radius 2 is 1.94 bits per heavy atom. The summed E-state index contributed by atoms with van der Waals surface area (Å²) in [6, 6.07) is 6.08. The molecular formula is C14H21NO3. The fourth-order valence-corrected chi connectivity index (χ4v) is 1.96. The molecule has 1 aliphatic heterocycles. The second-order valence-electron chi connectivity index (χ2n) is 4.89. The van der Waals surface area contributed by atoms with E-state index in [1.54, 1.807) is 0 Å². The first kappa shape index (κ1) is 13.2. The fraction of sp³-hybridized carbons (Fsp3) is 0.571. The molecule has 1 heterocycles. The Morgan fingerprint density at radius 3 is 2.61 bits per heavy atom. The van der Waals surface area contributed by atoms with Gasteiger partial charge < -0.3 is 19.9 Å². The lowest BCUT2D eigenvalue weighted by atomic mass is 10.0. The van der Waals surface area contributed by atoms with Crippen molar-refractivity contribution in [3.8, 4) is 11.5 Å². The van der Waals surface area contributed by atoms with Crippen molar-refractivity contribution in [1.82, 2.24) is 5.32 Å². The number of hydrogen-bond acceptors (Lipinski definition) is 4. The molecule has 0 saturated carbocycles. The van der Waals surface area contributed by atoms with Crippen molar-refractivity contribution in [2.75, 3.05) is 19.8 Å². The summed E-state index contributed by atoms with van der Waals surface area (Å²) < 4.78 is 11.0. The third-order valence-electron chi connectivity index (χ3n) is 3.18. The Balaban J connectivity index is 1.97. The summed E-state index contributed by atoms with van der Waals surface area (Å²) in [6.45, 7) is 6.29. The van der Waals surface area contributed by atoms with Gasteiger partial charge in [0.05, 0.1) is 6.61 Å². The van der Waals surface area contributed by atoms with E-state index < -0.39 is 0 Å². The summed E-state index contributed by atoms with van der Waals surface area (Å²) in [5, 5.41) is 12.6. The molecule has 1 aromatic rings. The highest BCUT2D eigenvalue weighted by Crippen LogP contribution is 2.30. The Hall–Kier alpha value is -1.26. The molecule has 0 amide bonds. The molecule has 4 heteroatoms. The molecule has 1 unspecified atom stereocenters. The summed E-state index contributed by atoms with van der Waals surface area (Å²) in [7, 11) is 0. The van der Waals surface area contributed by atoms with Crippen LogP contribution in [0, 0.1) is 5.92 Å². The zero-order valence-electron chi connectivity index (χ0n) is 11.0. The Morgan fingerprint density at radius 1 is 1.22 bits per heavy atom. The predicted molar refractivity (Wildman–Crippen MR) is 70.0 cm³/mol. The van der Waals surface area contributed by atoms with Crippen molar-refractivity contribution in [3.05, 3.63) is 23.8 Å². The van der Waals surface area contributed by atoms with E-state index in [0.29, 0.717) is 19.1 Å². The van der Waals surface area contributed by atoms with E-state index in [9.17, 15) is 5.11 Å². The molecule has 2 N–H and O–H groups in total. The molecule has 100 valence electrons. The van der Waals surface area contributed by atoms with Crippen molar-refractivity contribution in [3.63, 3.8) is 0 Å². The Bertz CT molecular complexity index is 393. The molecule has 0 spiro atoms. The number of fused-ring (bicyclic) bond motifs is 1. The second-order valence-corrected chi connectivity index (χ2v) is 4.89. The van der Waals surface area contributed by atoms with Crippen LogP contribution in [0.3, 0.4) is 0 Å². The van der Waals surface area contributed by atoms with E-state index in [2.05, 4.69) is 19.2 Å². The van der Waals surface area contributed by atoms with Gasteiger partial charge in [-0.15, -0.1) is 0 Å². The average Bonchev–Trinajstić information content (AvgIpc) is 2.39. The largest absolute Gasteiger partial charge is 0.486 e. The molecule has 0 bridgehead atoms. The number of rotatable bonds is 5. The third-order valence-corrected chi connectivity index (χ3v) is 3.18. The molecule has 0 radical (unpaired) electrons. The van der Waals surface area contributed by atoms with Crippen LogP contribution in [0.15, 0.2) is 18.2 Å². The summed E-state index contributed by atoms with van der Waals surface area (Å²) in [6.07, 6.45) is 0. The van der Waals surface area contributed by atoms with Gasteiger partial charge in [0.15, 0.2) is 11.5 Å². The van der Waals surface area contributed by atoms with Crippen molar-refractivity contribution in [2.24, 2.45) is 5.92 Å². The lowest BCUT2D eigenvalue weighted by Crippen LogP contribution is -2.36. The van der Waals surface area contributed by atoms with E-state index in [0.717, 1.165) is 23.6 Å². The maximum Gasteiger partial charge on any atom is 0.161 e. The minimum atomic E-state index is 0.123. The smallest absolute Gasteiger partial charge is 0.161 e. The van der Waals surface area contributed by atoms with E-state index >= 15 is 0 Å². The minimum absolute atomic E-state index is 0.123. The van der Waals surface area contributed by atoms with E-state index in [1.165, 1.54) is 0 Å². The van der Waals surface area contributed by atoms with Crippen LogP contribution in [0.1, 0.15) is 19.4 Å². The van der Waals surface area contributed by atoms with Gasteiger partial charge in [-0.3, -0.25) is 0 Å². The number of aliphatic hydroxyl groups is 1. The molecule has 0 fully saturated rings. The molecule has 1 atom stereocenters. The van der Waals surface area contributed by atoms with Crippen LogP contribution in [0.25, 0.3) is 0 Å². The molecule has 1 aliphatic rings. The number of benzene rings is 1. The summed E-state index contributed by atoms with van der Waals surface area (Å²) >= 11 is 0. The summed E-state index contributed by atoms with van der Waals surface area (Å²) in [5.74, 6) is 2.03. The van der Waals surface area contributed by atoms with Gasteiger partial charge in [-0.2, -0.15) is 0 Å². The number of nitrogens with one attached hydrogen (secondary N) is 1. The SMILES string of the molecule is CC(C)C(CO)NCc1ccc2c(c1)OCCO2. The lowest BCUT2D eigenvalue weighted by molar-refractivity contribution is 0.171. The highest BCUT2D eigenvalue weighted by molar-refractivity contribution is 5.43. The molecule has 2 rings (SSSR count). The highest BCUT2D eigenvalue weighted by atomic mass is 16.6. The van der Waals surface area contributed by atoms with Gasteiger partial charge in [0.2, 0.25) is 0 Å². The minimum Gasteiger partial charge on any atom is -0.486 e.